The second-order valence-corrected chi connectivity index (χ2v) is 6.46. The van der Waals surface area contributed by atoms with Gasteiger partial charge in [-0.1, -0.05) is 0 Å². The zero-order valence-corrected chi connectivity index (χ0v) is 11.9. The van der Waals surface area contributed by atoms with Gasteiger partial charge in [0.05, 0.1) is 17.8 Å². The van der Waals surface area contributed by atoms with Gasteiger partial charge in [0.15, 0.2) is 0 Å². The van der Waals surface area contributed by atoms with Crippen LogP contribution in [0.4, 0.5) is 0 Å². The molecule has 7 nitrogen and oxygen atoms in total. The Morgan fingerprint density at radius 1 is 1.42 bits per heavy atom. The summed E-state index contributed by atoms with van der Waals surface area (Å²) in [5.41, 5.74) is -1.06. The van der Waals surface area contributed by atoms with Gasteiger partial charge in [-0.2, -0.15) is 0 Å². The summed E-state index contributed by atoms with van der Waals surface area (Å²) >= 11 is 0. The lowest BCUT2D eigenvalue weighted by Gasteiger charge is -2.33. The number of ether oxygens (including phenoxy) is 2. The monoisotopic (exact) mass is 295 g/mol. The van der Waals surface area contributed by atoms with E-state index in [9.17, 15) is 18.3 Å². The van der Waals surface area contributed by atoms with Gasteiger partial charge in [0.25, 0.3) is 0 Å². The Morgan fingerprint density at radius 3 is 2.58 bits per heavy atom. The molecule has 0 saturated carbocycles. The van der Waals surface area contributed by atoms with E-state index < -0.39 is 21.4 Å². The van der Waals surface area contributed by atoms with Gasteiger partial charge < -0.3 is 14.6 Å². The minimum Gasteiger partial charge on any atom is -0.481 e. The molecule has 1 fully saturated rings. The molecule has 0 aliphatic carbocycles. The summed E-state index contributed by atoms with van der Waals surface area (Å²) in [6.07, 6.45) is 0.632. The molecule has 0 spiro atoms. The maximum absolute atomic E-state index is 11.7. The number of rotatable bonds is 8. The van der Waals surface area contributed by atoms with Crippen molar-refractivity contribution in [2.75, 3.05) is 38.7 Å². The van der Waals surface area contributed by atoms with E-state index in [2.05, 4.69) is 4.72 Å². The fourth-order valence-corrected chi connectivity index (χ4v) is 2.84. The summed E-state index contributed by atoms with van der Waals surface area (Å²) in [5, 5.41) is 9.28. The van der Waals surface area contributed by atoms with Crippen LogP contribution in [0, 0.1) is 5.41 Å². The molecule has 0 amide bonds. The third-order valence-corrected chi connectivity index (χ3v) is 4.52. The van der Waals surface area contributed by atoms with Gasteiger partial charge in [-0.3, -0.25) is 4.79 Å². The number of carbonyl (C=O) groups is 1. The van der Waals surface area contributed by atoms with E-state index in [4.69, 9.17) is 9.47 Å². The molecule has 1 aliphatic rings. The molecule has 8 heteroatoms. The molecular formula is C11H21NO6S. The summed E-state index contributed by atoms with van der Waals surface area (Å²) in [4.78, 5) is 11.3. The number of hydrogen-bond acceptors (Lipinski definition) is 5. The predicted octanol–water partition coefficient (Wildman–Crippen LogP) is -0.176. The Balaban J connectivity index is 2.54. The zero-order chi connectivity index (χ0) is 14.4. The molecule has 19 heavy (non-hydrogen) atoms. The first-order chi connectivity index (χ1) is 8.92. The average Bonchev–Trinajstić information content (AvgIpc) is 2.38. The van der Waals surface area contributed by atoms with Crippen molar-refractivity contribution in [1.82, 2.24) is 4.72 Å². The third-order valence-electron chi connectivity index (χ3n) is 3.23. The standard InChI is InChI=1S/C11H21NO6S/c1-2-17-7-8-19(15,16)12-9-11(10(13)14)3-5-18-6-4-11/h12H,2-9H2,1H3,(H,13,14). The van der Waals surface area contributed by atoms with Crippen LogP contribution in [-0.4, -0.2) is 58.2 Å². The summed E-state index contributed by atoms with van der Waals surface area (Å²) in [7, 11) is -3.50. The van der Waals surface area contributed by atoms with Crippen molar-refractivity contribution in [2.45, 2.75) is 19.8 Å². The molecule has 0 bridgehead atoms. The topological polar surface area (TPSA) is 102 Å². The van der Waals surface area contributed by atoms with Crippen LogP contribution in [0.1, 0.15) is 19.8 Å². The fourth-order valence-electron chi connectivity index (χ4n) is 1.86. The second-order valence-electron chi connectivity index (χ2n) is 4.53. The normalized spacial score (nSPS) is 19.2. The smallest absolute Gasteiger partial charge is 0.311 e. The van der Waals surface area contributed by atoms with E-state index in [1.54, 1.807) is 6.92 Å². The first-order valence-electron chi connectivity index (χ1n) is 6.28. The van der Waals surface area contributed by atoms with Crippen LogP contribution in [-0.2, 0) is 24.3 Å². The number of carboxylic acid groups (broad SMARTS) is 1. The maximum atomic E-state index is 11.7. The fraction of sp³-hybridized carbons (Fsp3) is 0.909. The Hall–Kier alpha value is -0.700. The SMILES string of the molecule is CCOCCS(=O)(=O)NCC1(C(=O)O)CCOCC1. The van der Waals surface area contributed by atoms with Crippen LogP contribution in [0.3, 0.4) is 0 Å². The van der Waals surface area contributed by atoms with Crippen LogP contribution in [0.15, 0.2) is 0 Å². The van der Waals surface area contributed by atoms with Gasteiger partial charge in [-0.15, -0.1) is 0 Å². The number of carboxylic acids is 1. The highest BCUT2D eigenvalue weighted by atomic mass is 32.2. The average molecular weight is 295 g/mol. The van der Waals surface area contributed by atoms with E-state index in [1.807, 2.05) is 0 Å². The molecule has 0 radical (unpaired) electrons. The number of sulfonamides is 1. The lowest BCUT2D eigenvalue weighted by atomic mass is 9.80. The molecule has 1 saturated heterocycles. The Kier molecular flexibility index (Phi) is 6.18. The molecule has 2 N–H and O–H groups in total. The molecule has 0 atom stereocenters. The van der Waals surface area contributed by atoms with Crippen molar-refractivity contribution in [3.8, 4) is 0 Å². The van der Waals surface area contributed by atoms with Gasteiger partial charge in [0.1, 0.15) is 0 Å². The van der Waals surface area contributed by atoms with Crippen LogP contribution >= 0.6 is 0 Å². The molecule has 0 aromatic carbocycles. The quantitative estimate of drug-likeness (QED) is 0.602. The lowest BCUT2D eigenvalue weighted by molar-refractivity contribution is -0.154. The first-order valence-corrected chi connectivity index (χ1v) is 7.93. The van der Waals surface area contributed by atoms with Gasteiger partial charge in [-0.05, 0) is 19.8 Å². The summed E-state index contributed by atoms with van der Waals surface area (Å²) < 4.78 is 35.9. The Morgan fingerprint density at radius 2 is 2.05 bits per heavy atom. The van der Waals surface area contributed by atoms with E-state index in [-0.39, 0.29) is 18.9 Å². The van der Waals surface area contributed by atoms with E-state index in [0.29, 0.717) is 32.7 Å². The molecule has 1 aliphatic heterocycles. The number of aliphatic carboxylic acids is 1. The van der Waals surface area contributed by atoms with Crippen molar-refractivity contribution in [3.63, 3.8) is 0 Å². The van der Waals surface area contributed by atoms with E-state index in [1.165, 1.54) is 0 Å². The third kappa shape index (κ3) is 5.06. The minimum absolute atomic E-state index is 0.0971. The van der Waals surface area contributed by atoms with Crippen molar-refractivity contribution in [1.29, 1.82) is 0 Å². The predicted molar refractivity (Wildman–Crippen MR) is 68.4 cm³/mol. The molecule has 0 unspecified atom stereocenters. The molecular weight excluding hydrogens is 274 g/mol. The second kappa shape index (κ2) is 7.18. The molecule has 0 aromatic heterocycles. The van der Waals surface area contributed by atoms with Gasteiger partial charge >= 0.3 is 5.97 Å². The van der Waals surface area contributed by atoms with Crippen LogP contribution in [0.25, 0.3) is 0 Å². The Labute approximate surface area is 113 Å². The largest absolute Gasteiger partial charge is 0.481 e. The molecule has 112 valence electrons. The molecule has 1 rings (SSSR count). The molecule has 0 aromatic rings. The van der Waals surface area contributed by atoms with Crippen molar-refractivity contribution in [3.05, 3.63) is 0 Å². The Bertz CT molecular complexity index is 388. The van der Waals surface area contributed by atoms with Gasteiger partial charge in [0.2, 0.25) is 10.0 Å². The van der Waals surface area contributed by atoms with Gasteiger partial charge in [-0.25, -0.2) is 13.1 Å². The summed E-state index contributed by atoms with van der Waals surface area (Å²) in [5.74, 6) is -1.14. The first kappa shape index (κ1) is 16.4. The van der Waals surface area contributed by atoms with Crippen LogP contribution < -0.4 is 4.72 Å². The number of nitrogens with one attached hydrogen (secondary N) is 1. The lowest BCUT2D eigenvalue weighted by Crippen LogP contribution is -2.47. The van der Waals surface area contributed by atoms with Crippen LogP contribution in [0.5, 0.6) is 0 Å². The maximum Gasteiger partial charge on any atom is 0.311 e. The minimum atomic E-state index is -3.50. The number of hydrogen-bond donors (Lipinski definition) is 2. The highest BCUT2D eigenvalue weighted by Gasteiger charge is 2.40. The van der Waals surface area contributed by atoms with Gasteiger partial charge in [0, 0.05) is 26.4 Å². The highest BCUT2D eigenvalue weighted by molar-refractivity contribution is 7.89. The summed E-state index contributed by atoms with van der Waals surface area (Å²) in [6.45, 7) is 2.92. The highest BCUT2D eigenvalue weighted by Crippen LogP contribution is 2.30. The van der Waals surface area contributed by atoms with Crippen LogP contribution in [0.2, 0.25) is 0 Å². The van der Waals surface area contributed by atoms with E-state index >= 15 is 0 Å². The zero-order valence-electron chi connectivity index (χ0n) is 11.1. The van der Waals surface area contributed by atoms with Crippen molar-refractivity contribution >= 4 is 16.0 Å². The summed E-state index contributed by atoms with van der Waals surface area (Å²) in [6, 6.07) is 0. The van der Waals surface area contributed by atoms with Crippen molar-refractivity contribution < 1.29 is 27.8 Å². The van der Waals surface area contributed by atoms with Crippen molar-refractivity contribution in [2.24, 2.45) is 5.41 Å². The molecule has 1 heterocycles. The van der Waals surface area contributed by atoms with E-state index in [0.717, 1.165) is 0 Å².